The summed E-state index contributed by atoms with van der Waals surface area (Å²) < 4.78 is 0. The molecule has 0 amide bonds. The number of allylic oxidation sites excluding steroid dienone is 5. The fraction of sp³-hybridized carbons (Fsp3) is 0.478. The van der Waals surface area contributed by atoms with Crippen LogP contribution in [0.3, 0.4) is 0 Å². The molecule has 2 rings (SSSR count). The van der Waals surface area contributed by atoms with Crippen molar-refractivity contribution in [2.45, 2.75) is 53.9 Å². The fourth-order valence-corrected chi connectivity index (χ4v) is 4.37. The molecule has 0 aliphatic heterocycles. The monoisotopic (exact) mass is 340 g/mol. The van der Waals surface area contributed by atoms with E-state index in [0.29, 0.717) is 0 Å². The van der Waals surface area contributed by atoms with Crippen LogP contribution in [-0.4, -0.2) is 5.75 Å². The minimum absolute atomic E-state index is 0.00707. The molecule has 24 heavy (non-hydrogen) atoms. The molecule has 0 bridgehead atoms. The van der Waals surface area contributed by atoms with Crippen molar-refractivity contribution in [3.63, 3.8) is 0 Å². The zero-order valence-corrected chi connectivity index (χ0v) is 16.8. The van der Waals surface area contributed by atoms with Crippen LogP contribution in [-0.2, 0) is 0 Å². The number of rotatable bonds is 5. The van der Waals surface area contributed by atoms with Crippen molar-refractivity contribution in [1.29, 1.82) is 0 Å². The third kappa shape index (κ3) is 3.28. The topological polar surface area (TPSA) is 0 Å². The molecule has 0 nitrogen and oxygen atoms in total. The molecule has 1 aliphatic rings. The summed E-state index contributed by atoms with van der Waals surface area (Å²) in [7, 11) is 0. The van der Waals surface area contributed by atoms with Gasteiger partial charge < -0.3 is 0 Å². The summed E-state index contributed by atoms with van der Waals surface area (Å²) in [6, 6.07) is 8.87. The van der Waals surface area contributed by atoms with Crippen molar-refractivity contribution in [3.05, 3.63) is 59.7 Å². The minimum Gasteiger partial charge on any atom is -0.178 e. The van der Waals surface area contributed by atoms with Gasteiger partial charge in [0, 0.05) is 11.2 Å². The maximum atomic E-state index is 4.78. The maximum absolute atomic E-state index is 4.78. The van der Waals surface area contributed by atoms with Crippen molar-refractivity contribution in [3.8, 4) is 0 Å². The molecule has 0 spiro atoms. The van der Waals surface area contributed by atoms with Gasteiger partial charge in [-0.3, -0.25) is 0 Å². The summed E-state index contributed by atoms with van der Waals surface area (Å²) >= 11 is 4.78. The molecule has 0 aromatic heterocycles. The summed E-state index contributed by atoms with van der Waals surface area (Å²) in [4.78, 5) is 0. The first-order valence-corrected chi connectivity index (χ1v) is 9.74. The van der Waals surface area contributed by atoms with E-state index in [4.69, 9.17) is 12.6 Å². The summed E-state index contributed by atoms with van der Waals surface area (Å²) in [5.74, 6) is 0.836. The van der Waals surface area contributed by atoms with Gasteiger partial charge in [-0.25, -0.2) is 0 Å². The number of benzene rings is 1. The third-order valence-corrected chi connectivity index (χ3v) is 6.42. The highest BCUT2D eigenvalue weighted by Crippen LogP contribution is 2.56. The van der Waals surface area contributed by atoms with E-state index < -0.39 is 0 Å². The third-order valence-electron chi connectivity index (χ3n) is 5.79. The fourth-order valence-electron chi connectivity index (χ4n) is 4.03. The lowest BCUT2D eigenvalue weighted by Gasteiger charge is -2.47. The van der Waals surface area contributed by atoms with Crippen LogP contribution in [0.5, 0.6) is 0 Å². The second kappa shape index (κ2) is 7.35. The first-order chi connectivity index (χ1) is 11.3. The maximum Gasteiger partial charge on any atom is 0.0229 e. The predicted molar refractivity (Wildman–Crippen MR) is 112 cm³/mol. The van der Waals surface area contributed by atoms with Crippen LogP contribution < -0.4 is 0 Å². The average molecular weight is 341 g/mol. The lowest BCUT2D eigenvalue weighted by atomic mass is 9.58. The normalized spacial score (nSPS) is 28.8. The van der Waals surface area contributed by atoms with Crippen LogP contribution in [0.25, 0.3) is 11.1 Å². The highest BCUT2D eigenvalue weighted by atomic mass is 32.1. The highest BCUT2D eigenvalue weighted by molar-refractivity contribution is 7.80. The lowest BCUT2D eigenvalue weighted by molar-refractivity contribution is 0.313. The van der Waals surface area contributed by atoms with Crippen LogP contribution in [0.1, 0.15) is 65.0 Å². The number of hydrogen-bond donors (Lipinski definition) is 1. The molecule has 2 unspecified atom stereocenters. The Bertz CT molecular complexity index is 662. The predicted octanol–water partition coefficient (Wildman–Crippen LogP) is 7.20. The molecule has 130 valence electrons. The standard InChI is InChI=1S/C23H32S/c1-7-9-21-22(5,8-2)15-14-20(23(21,6)16-24)19-12-10-18(11-13-19)17(3)4/h9-14,24H,3,7-8,15-16H2,1-2,4-6H3/b21-9+. The van der Waals surface area contributed by atoms with E-state index in [1.54, 1.807) is 5.57 Å². The van der Waals surface area contributed by atoms with E-state index in [1.807, 2.05) is 0 Å². The summed E-state index contributed by atoms with van der Waals surface area (Å²) in [5.41, 5.74) is 6.87. The largest absolute Gasteiger partial charge is 0.178 e. The molecule has 0 fully saturated rings. The first kappa shape index (κ1) is 19.1. The van der Waals surface area contributed by atoms with Crippen LogP contribution in [0.15, 0.2) is 48.6 Å². The molecule has 2 atom stereocenters. The quantitative estimate of drug-likeness (QED) is 0.425. The van der Waals surface area contributed by atoms with Crippen molar-refractivity contribution in [2.75, 3.05) is 5.75 Å². The molecular formula is C23H32S. The van der Waals surface area contributed by atoms with Crippen molar-refractivity contribution < 1.29 is 0 Å². The molecule has 0 saturated carbocycles. The molecule has 0 saturated heterocycles. The smallest absolute Gasteiger partial charge is 0.0229 e. The van der Waals surface area contributed by atoms with E-state index in [1.165, 1.54) is 23.1 Å². The van der Waals surface area contributed by atoms with Crippen LogP contribution in [0.2, 0.25) is 0 Å². The Kier molecular flexibility index (Phi) is 5.86. The minimum atomic E-state index is -0.00707. The number of hydrogen-bond acceptors (Lipinski definition) is 1. The van der Waals surface area contributed by atoms with Gasteiger partial charge in [-0.1, -0.05) is 81.8 Å². The Hall–Kier alpha value is -1.21. The molecular weight excluding hydrogens is 308 g/mol. The summed E-state index contributed by atoms with van der Waals surface area (Å²) in [6.45, 7) is 15.4. The van der Waals surface area contributed by atoms with Crippen molar-refractivity contribution >= 4 is 23.8 Å². The van der Waals surface area contributed by atoms with Gasteiger partial charge >= 0.3 is 0 Å². The Morgan fingerprint density at radius 2 is 1.83 bits per heavy atom. The zero-order valence-electron chi connectivity index (χ0n) is 15.9. The van der Waals surface area contributed by atoms with E-state index in [0.717, 1.165) is 24.2 Å². The second-order valence-corrected chi connectivity index (χ2v) is 7.93. The highest BCUT2D eigenvalue weighted by Gasteiger charge is 2.44. The lowest BCUT2D eigenvalue weighted by Crippen LogP contribution is -2.37. The molecule has 0 N–H and O–H groups in total. The molecule has 1 aromatic rings. The molecule has 1 aromatic carbocycles. The SMILES string of the molecule is C=C(C)c1ccc(C2=CCC(C)(CC)/C(=C\CC)C2(C)CS)cc1. The van der Waals surface area contributed by atoms with Gasteiger partial charge in [-0.15, -0.1) is 0 Å². The van der Waals surface area contributed by atoms with Crippen LogP contribution in [0, 0.1) is 10.8 Å². The first-order valence-electron chi connectivity index (χ1n) is 9.11. The van der Waals surface area contributed by atoms with Gasteiger partial charge in [0.1, 0.15) is 0 Å². The zero-order chi connectivity index (χ0) is 18.0. The molecule has 1 heteroatoms. The second-order valence-electron chi connectivity index (χ2n) is 7.61. The Morgan fingerprint density at radius 3 is 2.29 bits per heavy atom. The van der Waals surface area contributed by atoms with Gasteiger partial charge in [0.15, 0.2) is 0 Å². The Balaban J connectivity index is 2.57. The van der Waals surface area contributed by atoms with E-state index in [2.05, 4.69) is 77.6 Å². The van der Waals surface area contributed by atoms with E-state index >= 15 is 0 Å². The number of thiol groups is 1. The van der Waals surface area contributed by atoms with Gasteiger partial charge in [-0.2, -0.15) is 12.6 Å². The Morgan fingerprint density at radius 1 is 1.21 bits per heavy atom. The molecule has 0 radical (unpaired) electrons. The van der Waals surface area contributed by atoms with Gasteiger partial charge in [0.05, 0.1) is 0 Å². The van der Waals surface area contributed by atoms with Crippen molar-refractivity contribution in [2.24, 2.45) is 10.8 Å². The van der Waals surface area contributed by atoms with Gasteiger partial charge in [0.2, 0.25) is 0 Å². The van der Waals surface area contributed by atoms with Crippen LogP contribution >= 0.6 is 12.6 Å². The molecule has 1 aliphatic carbocycles. The Labute approximate surface area is 154 Å². The van der Waals surface area contributed by atoms with E-state index in [-0.39, 0.29) is 10.8 Å². The average Bonchev–Trinajstić information content (AvgIpc) is 2.59. The molecule has 0 heterocycles. The summed E-state index contributed by atoms with van der Waals surface area (Å²) in [5, 5.41) is 0. The van der Waals surface area contributed by atoms with Crippen molar-refractivity contribution in [1.82, 2.24) is 0 Å². The van der Waals surface area contributed by atoms with Crippen LogP contribution in [0.4, 0.5) is 0 Å². The van der Waals surface area contributed by atoms with Gasteiger partial charge in [0.25, 0.3) is 0 Å². The van der Waals surface area contributed by atoms with Gasteiger partial charge in [-0.05, 0) is 48.3 Å². The van der Waals surface area contributed by atoms with E-state index in [9.17, 15) is 0 Å². The summed E-state index contributed by atoms with van der Waals surface area (Å²) in [6.07, 6.45) is 8.27.